The van der Waals surface area contributed by atoms with E-state index in [1.807, 2.05) is 24.3 Å². The summed E-state index contributed by atoms with van der Waals surface area (Å²) >= 11 is 0. The number of fused-ring (bicyclic) bond motifs is 1. The molecular weight excluding hydrogens is 210 g/mol. The Labute approximate surface area is 99.7 Å². The SMILES string of the molecule is Cc1ccccc1-c1nnc2cccc(C)n12. The van der Waals surface area contributed by atoms with E-state index in [2.05, 4.69) is 46.6 Å². The van der Waals surface area contributed by atoms with Crippen LogP contribution in [0.4, 0.5) is 0 Å². The number of hydrogen-bond donors (Lipinski definition) is 0. The number of aromatic nitrogens is 3. The summed E-state index contributed by atoms with van der Waals surface area (Å²) in [5.41, 5.74) is 4.38. The maximum Gasteiger partial charge on any atom is 0.168 e. The minimum atomic E-state index is 0.892. The average Bonchev–Trinajstić information content (AvgIpc) is 2.75. The minimum absolute atomic E-state index is 0.892. The smallest absolute Gasteiger partial charge is 0.168 e. The van der Waals surface area contributed by atoms with E-state index >= 15 is 0 Å². The molecule has 0 radical (unpaired) electrons. The van der Waals surface area contributed by atoms with Gasteiger partial charge in [-0.25, -0.2) is 0 Å². The molecule has 0 saturated carbocycles. The van der Waals surface area contributed by atoms with E-state index in [1.165, 1.54) is 5.56 Å². The van der Waals surface area contributed by atoms with Gasteiger partial charge < -0.3 is 0 Å². The Balaban J connectivity index is 2.36. The molecule has 0 fully saturated rings. The molecule has 0 unspecified atom stereocenters. The topological polar surface area (TPSA) is 30.2 Å². The van der Waals surface area contributed by atoms with Crippen molar-refractivity contribution in [1.29, 1.82) is 0 Å². The Morgan fingerprint density at radius 1 is 0.882 bits per heavy atom. The minimum Gasteiger partial charge on any atom is -0.280 e. The second kappa shape index (κ2) is 3.70. The van der Waals surface area contributed by atoms with Crippen LogP contribution in [-0.2, 0) is 0 Å². The van der Waals surface area contributed by atoms with Gasteiger partial charge in [0, 0.05) is 11.3 Å². The fourth-order valence-electron chi connectivity index (χ4n) is 2.10. The van der Waals surface area contributed by atoms with Gasteiger partial charge in [0.05, 0.1) is 0 Å². The van der Waals surface area contributed by atoms with Crippen molar-refractivity contribution < 1.29 is 0 Å². The van der Waals surface area contributed by atoms with Crippen molar-refractivity contribution in [1.82, 2.24) is 14.6 Å². The Kier molecular flexibility index (Phi) is 2.18. The van der Waals surface area contributed by atoms with Crippen molar-refractivity contribution in [3.05, 3.63) is 53.7 Å². The highest BCUT2D eigenvalue weighted by molar-refractivity contribution is 5.63. The van der Waals surface area contributed by atoms with Gasteiger partial charge in [0.1, 0.15) is 0 Å². The third-order valence-corrected chi connectivity index (χ3v) is 3.01. The molecule has 17 heavy (non-hydrogen) atoms. The van der Waals surface area contributed by atoms with E-state index in [0.29, 0.717) is 0 Å². The van der Waals surface area contributed by atoms with Gasteiger partial charge in [-0.05, 0) is 31.5 Å². The van der Waals surface area contributed by atoms with Crippen molar-refractivity contribution in [2.45, 2.75) is 13.8 Å². The number of nitrogens with zero attached hydrogens (tertiary/aromatic N) is 3. The van der Waals surface area contributed by atoms with Gasteiger partial charge in [-0.2, -0.15) is 0 Å². The molecule has 3 heteroatoms. The van der Waals surface area contributed by atoms with Crippen LogP contribution < -0.4 is 0 Å². The number of hydrogen-bond acceptors (Lipinski definition) is 2. The van der Waals surface area contributed by atoms with Crippen molar-refractivity contribution in [3.8, 4) is 11.4 Å². The third kappa shape index (κ3) is 1.51. The lowest BCUT2D eigenvalue weighted by Gasteiger charge is -2.05. The lowest BCUT2D eigenvalue weighted by molar-refractivity contribution is 1.07. The van der Waals surface area contributed by atoms with Crippen molar-refractivity contribution in [3.63, 3.8) is 0 Å². The van der Waals surface area contributed by atoms with Gasteiger partial charge in [-0.1, -0.05) is 30.3 Å². The van der Waals surface area contributed by atoms with Crippen LogP contribution >= 0.6 is 0 Å². The zero-order chi connectivity index (χ0) is 11.8. The zero-order valence-corrected chi connectivity index (χ0v) is 9.88. The molecule has 84 valence electrons. The largest absolute Gasteiger partial charge is 0.280 e. The monoisotopic (exact) mass is 223 g/mol. The second-order valence-corrected chi connectivity index (χ2v) is 4.20. The van der Waals surface area contributed by atoms with Gasteiger partial charge in [-0.3, -0.25) is 4.40 Å². The molecule has 0 spiro atoms. The van der Waals surface area contributed by atoms with Crippen LogP contribution in [0.5, 0.6) is 0 Å². The normalized spacial score (nSPS) is 10.9. The first-order valence-corrected chi connectivity index (χ1v) is 5.64. The van der Waals surface area contributed by atoms with Crippen molar-refractivity contribution >= 4 is 5.65 Å². The summed E-state index contributed by atoms with van der Waals surface area (Å²) in [6.07, 6.45) is 0. The molecule has 0 N–H and O–H groups in total. The Morgan fingerprint density at radius 3 is 2.53 bits per heavy atom. The van der Waals surface area contributed by atoms with Crippen molar-refractivity contribution in [2.75, 3.05) is 0 Å². The number of rotatable bonds is 1. The first-order valence-electron chi connectivity index (χ1n) is 5.64. The van der Waals surface area contributed by atoms with Crippen LogP contribution in [0.2, 0.25) is 0 Å². The molecule has 1 aromatic carbocycles. The molecular formula is C14H13N3. The third-order valence-electron chi connectivity index (χ3n) is 3.01. The molecule has 2 heterocycles. The summed E-state index contributed by atoms with van der Waals surface area (Å²) in [7, 11) is 0. The summed E-state index contributed by atoms with van der Waals surface area (Å²) in [5.74, 6) is 0.913. The van der Waals surface area contributed by atoms with Crippen LogP contribution in [-0.4, -0.2) is 14.6 Å². The quantitative estimate of drug-likeness (QED) is 0.634. The Morgan fingerprint density at radius 2 is 1.71 bits per heavy atom. The van der Waals surface area contributed by atoms with Crippen LogP contribution in [0.1, 0.15) is 11.3 Å². The molecule has 3 nitrogen and oxygen atoms in total. The predicted octanol–water partition coefficient (Wildman–Crippen LogP) is 3.01. The van der Waals surface area contributed by atoms with Gasteiger partial charge in [0.15, 0.2) is 11.5 Å². The fraction of sp³-hybridized carbons (Fsp3) is 0.143. The maximum atomic E-state index is 4.30. The van der Waals surface area contributed by atoms with Crippen molar-refractivity contribution in [2.24, 2.45) is 0 Å². The molecule has 0 bridgehead atoms. The highest BCUT2D eigenvalue weighted by Gasteiger charge is 2.10. The zero-order valence-electron chi connectivity index (χ0n) is 9.88. The lowest BCUT2D eigenvalue weighted by atomic mass is 10.1. The standard InChI is InChI=1S/C14H13N3/c1-10-6-3-4-8-12(10)14-16-15-13-9-5-7-11(2)17(13)14/h3-9H,1-2H3. The summed E-state index contributed by atoms with van der Waals surface area (Å²) in [6, 6.07) is 14.3. The van der Waals surface area contributed by atoms with Gasteiger partial charge in [-0.15, -0.1) is 10.2 Å². The highest BCUT2D eigenvalue weighted by Crippen LogP contribution is 2.22. The van der Waals surface area contributed by atoms with Crippen LogP contribution in [0.25, 0.3) is 17.0 Å². The van der Waals surface area contributed by atoms with E-state index in [9.17, 15) is 0 Å². The molecule has 3 rings (SSSR count). The summed E-state index contributed by atoms with van der Waals surface area (Å²) in [6.45, 7) is 4.16. The number of aryl methyl sites for hydroxylation is 2. The highest BCUT2D eigenvalue weighted by atomic mass is 15.2. The predicted molar refractivity (Wildman–Crippen MR) is 67.9 cm³/mol. The summed E-state index contributed by atoms with van der Waals surface area (Å²) in [4.78, 5) is 0. The van der Waals surface area contributed by atoms with Crippen LogP contribution in [0.15, 0.2) is 42.5 Å². The number of pyridine rings is 1. The molecule has 3 aromatic rings. The molecule has 2 aromatic heterocycles. The molecule has 0 amide bonds. The van der Waals surface area contributed by atoms with E-state index < -0.39 is 0 Å². The van der Waals surface area contributed by atoms with E-state index in [0.717, 1.165) is 22.7 Å². The summed E-state index contributed by atoms with van der Waals surface area (Å²) in [5, 5.41) is 8.51. The van der Waals surface area contributed by atoms with E-state index in [-0.39, 0.29) is 0 Å². The first kappa shape index (κ1) is 10.0. The molecule has 0 saturated heterocycles. The molecule has 0 aliphatic heterocycles. The Hall–Kier alpha value is -2.16. The first-order chi connectivity index (χ1) is 8.27. The summed E-state index contributed by atoms with van der Waals surface area (Å²) < 4.78 is 2.09. The number of benzene rings is 1. The van der Waals surface area contributed by atoms with Crippen LogP contribution in [0, 0.1) is 13.8 Å². The maximum absolute atomic E-state index is 4.30. The van der Waals surface area contributed by atoms with Crippen LogP contribution in [0.3, 0.4) is 0 Å². The van der Waals surface area contributed by atoms with E-state index in [1.54, 1.807) is 0 Å². The Bertz CT molecular complexity index is 683. The van der Waals surface area contributed by atoms with Gasteiger partial charge in [0.25, 0.3) is 0 Å². The lowest BCUT2D eigenvalue weighted by Crippen LogP contribution is -1.95. The van der Waals surface area contributed by atoms with Gasteiger partial charge >= 0.3 is 0 Å². The average molecular weight is 223 g/mol. The fourth-order valence-corrected chi connectivity index (χ4v) is 2.10. The van der Waals surface area contributed by atoms with E-state index in [4.69, 9.17) is 0 Å². The van der Waals surface area contributed by atoms with Gasteiger partial charge in [0.2, 0.25) is 0 Å². The second-order valence-electron chi connectivity index (χ2n) is 4.20. The molecule has 0 aliphatic rings. The molecule has 0 atom stereocenters. The molecule has 0 aliphatic carbocycles.